The molecule has 0 aromatic carbocycles. The van der Waals surface area contributed by atoms with Crippen molar-refractivity contribution in [1.82, 2.24) is 0 Å². The summed E-state index contributed by atoms with van der Waals surface area (Å²) in [6.45, 7) is 2.15. The maximum absolute atomic E-state index is 12.0. The second-order valence-electron chi connectivity index (χ2n) is 8.40. The van der Waals surface area contributed by atoms with E-state index in [0.29, 0.717) is 0 Å². The fourth-order valence-electron chi connectivity index (χ4n) is 3.89. The summed E-state index contributed by atoms with van der Waals surface area (Å²) in [7, 11) is 0. The van der Waals surface area contributed by atoms with Crippen molar-refractivity contribution >= 4 is 5.97 Å². The van der Waals surface area contributed by atoms with Gasteiger partial charge in [0.05, 0.1) is 6.61 Å². The molecule has 0 bridgehead atoms. The first-order valence-electron chi connectivity index (χ1n) is 11.7. The van der Waals surface area contributed by atoms with Crippen molar-refractivity contribution < 1.29 is 29.2 Å². The Bertz CT molecular complexity index is 546. The lowest BCUT2D eigenvalue weighted by Crippen LogP contribution is -2.47. The normalized spacial score (nSPS) is 28.6. The van der Waals surface area contributed by atoms with Crippen LogP contribution in [0.15, 0.2) is 24.3 Å². The number of hydrogen-bond donors (Lipinski definition) is 2. The number of carbonyl (C=O) groups is 1. The Morgan fingerprint density at radius 2 is 1.67 bits per heavy atom. The van der Waals surface area contributed by atoms with Gasteiger partial charge in [-0.15, -0.1) is 0 Å². The molecule has 0 aliphatic carbocycles. The molecule has 2 heterocycles. The number of aliphatic hydroxyl groups is 2. The molecule has 4 atom stereocenters. The zero-order chi connectivity index (χ0) is 21.7. The highest BCUT2D eigenvalue weighted by molar-refractivity contribution is 5.69. The third-order valence-corrected chi connectivity index (χ3v) is 5.67. The average molecular weight is 425 g/mol. The molecule has 30 heavy (non-hydrogen) atoms. The third-order valence-electron chi connectivity index (χ3n) is 5.67. The van der Waals surface area contributed by atoms with Gasteiger partial charge in [-0.3, -0.25) is 4.79 Å². The van der Waals surface area contributed by atoms with Gasteiger partial charge < -0.3 is 24.4 Å². The number of fused-ring (bicyclic) bond motifs is 1. The van der Waals surface area contributed by atoms with Crippen LogP contribution in [0.1, 0.15) is 84.0 Å². The molecule has 2 aliphatic rings. The van der Waals surface area contributed by atoms with Gasteiger partial charge >= 0.3 is 5.97 Å². The van der Waals surface area contributed by atoms with Crippen LogP contribution >= 0.6 is 0 Å². The van der Waals surface area contributed by atoms with Crippen LogP contribution in [-0.4, -0.2) is 53.5 Å². The lowest BCUT2D eigenvalue weighted by Gasteiger charge is -2.26. The number of unbranched alkanes of at least 4 members (excludes halogenated alkanes) is 8. The van der Waals surface area contributed by atoms with E-state index >= 15 is 0 Å². The number of hydrogen-bond acceptors (Lipinski definition) is 6. The average Bonchev–Trinajstić information content (AvgIpc) is 3.25. The summed E-state index contributed by atoms with van der Waals surface area (Å²) in [4.78, 5) is 12.0. The van der Waals surface area contributed by atoms with Crippen molar-refractivity contribution in [2.24, 2.45) is 0 Å². The van der Waals surface area contributed by atoms with E-state index in [-0.39, 0.29) is 19.6 Å². The van der Waals surface area contributed by atoms with Gasteiger partial charge in [-0.2, -0.15) is 0 Å². The van der Waals surface area contributed by atoms with Gasteiger partial charge in [0.15, 0.2) is 6.10 Å². The first-order chi connectivity index (χ1) is 14.6. The van der Waals surface area contributed by atoms with Crippen LogP contribution in [0.5, 0.6) is 0 Å². The zero-order valence-electron chi connectivity index (χ0n) is 18.5. The van der Waals surface area contributed by atoms with E-state index in [9.17, 15) is 15.0 Å². The van der Waals surface area contributed by atoms with Crippen LogP contribution in [0.2, 0.25) is 0 Å². The minimum absolute atomic E-state index is 0.0835. The molecule has 2 fully saturated rings. The molecular formula is C24H40O6. The molecule has 6 nitrogen and oxygen atoms in total. The van der Waals surface area contributed by atoms with E-state index in [1.165, 1.54) is 32.1 Å². The quantitative estimate of drug-likeness (QED) is 0.177. The topological polar surface area (TPSA) is 85.2 Å². The summed E-state index contributed by atoms with van der Waals surface area (Å²) in [5, 5.41) is 20.2. The van der Waals surface area contributed by atoms with E-state index in [0.717, 1.165) is 38.5 Å². The number of rotatable bonds is 15. The number of carbonyl (C=O) groups excluding carboxylic acids is 1. The molecule has 0 unspecified atom stereocenters. The van der Waals surface area contributed by atoms with Gasteiger partial charge in [0.1, 0.15) is 18.8 Å². The minimum atomic E-state index is -1.78. The fourth-order valence-corrected chi connectivity index (χ4v) is 3.89. The predicted octanol–water partition coefficient (Wildman–Crippen LogP) is 4.19. The van der Waals surface area contributed by atoms with Gasteiger partial charge in [0.25, 0.3) is 5.79 Å². The maximum Gasteiger partial charge on any atom is 0.308 e. The SMILES string of the molecule is CCCCC/C=C\C/C=C\CCCCCCCC(=O)O[C@@]1(O)CO[C@@H]2[C@H](O)CO[C@@H]21. The fraction of sp³-hybridized carbons (Fsp3) is 0.792. The number of allylic oxidation sites excluding steroid dienone is 4. The smallest absolute Gasteiger partial charge is 0.308 e. The summed E-state index contributed by atoms with van der Waals surface area (Å²) in [6, 6.07) is 0. The third kappa shape index (κ3) is 8.50. The molecule has 0 spiro atoms. The monoisotopic (exact) mass is 424 g/mol. The predicted molar refractivity (Wildman–Crippen MR) is 116 cm³/mol. The lowest BCUT2D eigenvalue weighted by atomic mass is 10.1. The molecule has 0 saturated carbocycles. The first-order valence-corrected chi connectivity index (χ1v) is 11.7. The Morgan fingerprint density at radius 3 is 2.40 bits per heavy atom. The number of aliphatic hydroxyl groups excluding tert-OH is 1. The molecule has 2 N–H and O–H groups in total. The van der Waals surface area contributed by atoms with Crippen molar-refractivity contribution in [2.75, 3.05) is 13.2 Å². The van der Waals surface area contributed by atoms with Gasteiger partial charge in [-0.25, -0.2) is 0 Å². The summed E-state index contributed by atoms with van der Waals surface area (Å²) in [5.74, 6) is -2.23. The molecule has 6 heteroatoms. The van der Waals surface area contributed by atoms with Crippen LogP contribution < -0.4 is 0 Å². The second-order valence-corrected chi connectivity index (χ2v) is 8.40. The van der Waals surface area contributed by atoms with E-state index in [2.05, 4.69) is 31.2 Å². The minimum Gasteiger partial charge on any atom is -0.428 e. The summed E-state index contributed by atoms with van der Waals surface area (Å²) in [6.07, 6.45) is 19.4. The summed E-state index contributed by atoms with van der Waals surface area (Å²) < 4.78 is 15.9. The Kier molecular flexibility index (Phi) is 11.7. The molecular weight excluding hydrogens is 384 g/mol. The van der Waals surface area contributed by atoms with Crippen molar-refractivity contribution in [2.45, 2.75) is 108 Å². The molecule has 2 rings (SSSR count). The highest BCUT2D eigenvalue weighted by Gasteiger charge is 2.58. The molecule has 0 aromatic heterocycles. The highest BCUT2D eigenvalue weighted by Crippen LogP contribution is 2.35. The van der Waals surface area contributed by atoms with Gasteiger partial charge in [0, 0.05) is 6.42 Å². The molecule has 0 amide bonds. The lowest BCUT2D eigenvalue weighted by molar-refractivity contribution is -0.237. The number of esters is 1. The summed E-state index contributed by atoms with van der Waals surface area (Å²) in [5.41, 5.74) is 0. The number of ether oxygens (including phenoxy) is 3. The van der Waals surface area contributed by atoms with Gasteiger partial charge in [-0.05, 0) is 38.5 Å². The van der Waals surface area contributed by atoms with Crippen molar-refractivity contribution in [3.8, 4) is 0 Å². The maximum atomic E-state index is 12.0. The van der Waals surface area contributed by atoms with E-state index in [1.54, 1.807) is 0 Å². The second kappa shape index (κ2) is 14.0. The first kappa shape index (κ1) is 25.1. The van der Waals surface area contributed by atoms with Crippen LogP contribution in [0.3, 0.4) is 0 Å². The Morgan fingerprint density at radius 1 is 1.00 bits per heavy atom. The highest BCUT2D eigenvalue weighted by atomic mass is 16.7. The van der Waals surface area contributed by atoms with E-state index < -0.39 is 30.1 Å². The van der Waals surface area contributed by atoms with E-state index in [4.69, 9.17) is 14.2 Å². The largest absolute Gasteiger partial charge is 0.428 e. The van der Waals surface area contributed by atoms with Crippen LogP contribution in [0.25, 0.3) is 0 Å². The molecule has 172 valence electrons. The Labute approximate surface area is 181 Å². The molecule has 0 aromatic rings. The van der Waals surface area contributed by atoms with E-state index in [1.807, 2.05) is 0 Å². The molecule has 2 saturated heterocycles. The Hall–Kier alpha value is -1.21. The van der Waals surface area contributed by atoms with Crippen molar-refractivity contribution in [3.63, 3.8) is 0 Å². The molecule has 0 radical (unpaired) electrons. The van der Waals surface area contributed by atoms with Crippen LogP contribution in [-0.2, 0) is 19.0 Å². The van der Waals surface area contributed by atoms with Gasteiger partial charge in [0.2, 0.25) is 0 Å². The zero-order valence-corrected chi connectivity index (χ0v) is 18.5. The van der Waals surface area contributed by atoms with Crippen LogP contribution in [0, 0.1) is 0 Å². The Balaban J connectivity index is 1.43. The molecule has 2 aliphatic heterocycles. The standard InChI is InChI=1S/C24H40O6/c1-2-3-4-5-6-7-8-9-10-11-12-13-14-15-16-17-21(26)30-24(27)19-29-22-20(25)18-28-23(22)24/h6-7,9-10,20,22-23,25,27H,2-5,8,11-19H2,1H3/b7-6-,10-9-/t20-,22-,23+,24+/m1/s1. The van der Waals surface area contributed by atoms with Crippen molar-refractivity contribution in [3.05, 3.63) is 24.3 Å². The van der Waals surface area contributed by atoms with Crippen molar-refractivity contribution in [1.29, 1.82) is 0 Å². The van der Waals surface area contributed by atoms with Crippen LogP contribution in [0.4, 0.5) is 0 Å². The van der Waals surface area contributed by atoms with Gasteiger partial charge in [-0.1, -0.05) is 63.3 Å². The summed E-state index contributed by atoms with van der Waals surface area (Å²) >= 11 is 0.